The number of nitrogens with zero attached hydrogens (tertiary/aromatic N) is 4. The van der Waals surface area contributed by atoms with E-state index in [1.54, 1.807) is 18.5 Å². The number of amides is 1. The molecule has 0 atom stereocenters. The summed E-state index contributed by atoms with van der Waals surface area (Å²) < 4.78 is 16.1. The number of benzene rings is 1. The fraction of sp³-hybridized carbons (Fsp3) is 0.389. The second-order valence-electron chi connectivity index (χ2n) is 6.16. The van der Waals surface area contributed by atoms with Crippen LogP contribution < -0.4 is 14.2 Å². The van der Waals surface area contributed by atoms with Crippen molar-refractivity contribution in [3.63, 3.8) is 0 Å². The first-order valence-corrected chi connectivity index (χ1v) is 8.56. The van der Waals surface area contributed by atoms with Gasteiger partial charge in [0.1, 0.15) is 0 Å². The number of aromatic nitrogens is 2. The van der Waals surface area contributed by atoms with E-state index >= 15 is 0 Å². The van der Waals surface area contributed by atoms with Gasteiger partial charge in [-0.2, -0.15) is 0 Å². The molecule has 8 nitrogen and oxygen atoms in total. The zero-order valence-corrected chi connectivity index (χ0v) is 14.3. The molecule has 0 radical (unpaired) electrons. The summed E-state index contributed by atoms with van der Waals surface area (Å²) >= 11 is 0. The van der Waals surface area contributed by atoms with Crippen LogP contribution in [0.2, 0.25) is 0 Å². The lowest BCUT2D eigenvalue weighted by Crippen LogP contribution is -2.49. The molecule has 0 N–H and O–H groups in total. The number of rotatable bonds is 5. The van der Waals surface area contributed by atoms with Crippen molar-refractivity contribution in [1.29, 1.82) is 0 Å². The van der Waals surface area contributed by atoms with Gasteiger partial charge >= 0.3 is 6.01 Å². The molecule has 26 heavy (non-hydrogen) atoms. The first kappa shape index (κ1) is 16.6. The average Bonchev–Trinajstić information content (AvgIpc) is 3.15. The Bertz CT molecular complexity index is 763. The molecule has 3 heterocycles. The Balaban J connectivity index is 1.24. The molecule has 0 aliphatic carbocycles. The van der Waals surface area contributed by atoms with E-state index in [0.29, 0.717) is 13.1 Å². The van der Waals surface area contributed by atoms with E-state index in [1.165, 1.54) is 5.56 Å². The van der Waals surface area contributed by atoms with Crippen LogP contribution in [0, 0.1) is 0 Å². The second kappa shape index (κ2) is 7.57. The van der Waals surface area contributed by atoms with Gasteiger partial charge in [-0.25, -0.2) is 9.97 Å². The Morgan fingerprint density at radius 1 is 1.08 bits per heavy atom. The lowest BCUT2D eigenvalue weighted by molar-refractivity contribution is -0.135. The molecule has 0 saturated carbocycles. The molecule has 0 spiro atoms. The lowest BCUT2D eigenvalue weighted by atomic mass is 10.1. The molecular weight excluding hydrogens is 336 g/mol. The minimum atomic E-state index is -0.0415. The first-order valence-electron chi connectivity index (χ1n) is 8.56. The number of fused-ring (bicyclic) bond motifs is 1. The van der Waals surface area contributed by atoms with Gasteiger partial charge < -0.3 is 19.1 Å². The van der Waals surface area contributed by atoms with E-state index in [-0.39, 0.29) is 25.3 Å². The highest BCUT2D eigenvalue weighted by Gasteiger charge is 2.22. The molecule has 2 aromatic rings. The monoisotopic (exact) mass is 356 g/mol. The zero-order chi connectivity index (χ0) is 17.8. The predicted octanol–water partition coefficient (Wildman–Crippen LogP) is 0.928. The summed E-state index contributed by atoms with van der Waals surface area (Å²) in [5.41, 5.74) is 1.18. The molecule has 2 aliphatic heterocycles. The molecule has 1 fully saturated rings. The number of carbonyl (C=O) groups is 1. The molecule has 1 aromatic carbocycles. The Kier molecular flexibility index (Phi) is 4.83. The van der Waals surface area contributed by atoms with Crippen molar-refractivity contribution in [2.75, 3.05) is 39.6 Å². The molecule has 1 amide bonds. The Morgan fingerprint density at radius 2 is 1.85 bits per heavy atom. The van der Waals surface area contributed by atoms with Crippen molar-refractivity contribution in [1.82, 2.24) is 19.8 Å². The summed E-state index contributed by atoms with van der Waals surface area (Å²) in [6.07, 6.45) is 3.17. The third-order valence-corrected chi connectivity index (χ3v) is 4.43. The highest BCUT2D eigenvalue weighted by molar-refractivity contribution is 5.77. The van der Waals surface area contributed by atoms with Crippen LogP contribution in [-0.4, -0.2) is 65.3 Å². The summed E-state index contributed by atoms with van der Waals surface area (Å²) in [6, 6.07) is 7.95. The normalized spacial score (nSPS) is 16.5. The molecule has 0 unspecified atom stereocenters. The fourth-order valence-corrected chi connectivity index (χ4v) is 3.03. The Labute approximate surface area is 151 Å². The van der Waals surface area contributed by atoms with Crippen molar-refractivity contribution in [3.8, 4) is 17.5 Å². The first-order chi connectivity index (χ1) is 12.8. The van der Waals surface area contributed by atoms with Gasteiger partial charge in [-0.1, -0.05) is 6.07 Å². The maximum absolute atomic E-state index is 12.3. The molecular formula is C18H20N4O4. The van der Waals surface area contributed by atoms with E-state index in [4.69, 9.17) is 14.2 Å². The third-order valence-electron chi connectivity index (χ3n) is 4.43. The van der Waals surface area contributed by atoms with Gasteiger partial charge in [-0.15, -0.1) is 0 Å². The van der Waals surface area contributed by atoms with Crippen LogP contribution >= 0.6 is 0 Å². The quantitative estimate of drug-likeness (QED) is 0.789. The highest BCUT2D eigenvalue weighted by Crippen LogP contribution is 2.32. The van der Waals surface area contributed by atoms with Gasteiger partial charge in [0.2, 0.25) is 6.79 Å². The van der Waals surface area contributed by atoms with Gasteiger partial charge in [0.25, 0.3) is 5.91 Å². The molecule has 4 rings (SSSR count). The van der Waals surface area contributed by atoms with Gasteiger partial charge in [-0.05, 0) is 23.8 Å². The predicted molar refractivity (Wildman–Crippen MR) is 91.9 cm³/mol. The standard InChI is InChI=1S/C18H20N4O4/c23-17(12-24-18-19-4-1-5-20-18)22-8-6-21(7-9-22)11-14-2-3-15-16(10-14)26-13-25-15/h1-5,10H,6-9,11-13H2. The maximum Gasteiger partial charge on any atom is 0.316 e. The van der Waals surface area contributed by atoms with Crippen molar-refractivity contribution in [2.45, 2.75) is 6.54 Å². The van der Waals surface area contributed by atoms with E-state index in [0.717, 1.165) is 31.1 Å². The molecule has 136 valence electrons. The number of hydrogen-bond donors (Lipinski definition) is 0. The van der Waals surface area contributed by atoms with E-state index in [1.807, 2.05) is 17.0 Å². The van der Waals surface area contributed by atoms with Crippen molar-refractivity contribution in [3.05, 3.63) is 42.2 Å². The summed E-state index contributed by atoms with van der Waals surface area (Å²) in [7, 11) is 0. The largest absolute Gasteiger partial charge is 0.454 e. The van der Waals surface area contributed by atoms with Gasteiger partial charge in [0.15, 0.2) is 18.1 Å². The Morgan fingerprint density at radius 3 is 2.65 bits per heavy atom. The minimum Gasteiger partial charge on any atom is -0.454 e. The average molecular weight is 356 g/mol. The summed E-state index contributed by atoms with van der Waals surface area (Å²) in [5.74, 6) is 1.56. The molecule has 0 bridgehead atoms. The lowest BCUT2D eigenvalue weighted by Gasteiger charge is -2.34. The number of hydrogen-bond acceptors (Lipinski definition) is 7. The van der Waals surface area contributed by atoms with Crippen LogP contribution in [0.15, 0.2) is 36.7 Å². The molecule has 1 aromatic heterocycles. The fourth-order valence-electron chi connectivity index (χ4n) is 3.03. The van der Waals surface area contributed by atoms with Crippen molar-refractivity contribution < 1.29 is 19.0 Å². The molecule has 2 aliphatic rings. The van der Waals surface area contributed by atoms with Gasteiger partial charge in [-0.3, -0.25) is 9.69 Å². The SMILES string of the molecule is O=C(COc1ncccn1)N1CCN(Cc2ccc3c(c2)OCO3)CC1. The minimum absolute atomic E-state index is 0.0355. The number of piperazine rings is 1. The topological polar surface area (TPSA) is 77.0 Å². The number of ether oxygens (including phenoxy) is 3. The van der Waals surface area contributed by atoms with Gasteiger partial charge in [0, 0.05) is 45.1 Å². The summed E-state index contributed by atoms with van der Waals surface area (Å²) in [4.78, 5) is 24.3. The van der Waals surface area contributed by atoms with Crippen LogP contribution in [0.5, 0.6) is 17.5 Å². The number of carbonyl (C=O) groups excluding carboxylic acids is 1. The maximum atomic E-state index is 12.3. The van der Waals surface area contributed by atoms with Gasteiger partial charge in [0.05, 0.1) is 0 Å². The van der Waals surface area contributed by atoms with Crippen molar-refractivity contribution in [2.24, 2.45) is 0 Å². The van der Waals surface area contributed by atoms with Crippen LogP contribution in [0.4, 0.5) is 0 Å². The van der Waals surface area contributed by atoms with E-state index < -0.39 is 0 Å². The smallest absolute Gasteiger partial charge is 0.316 e. The van der Waals surface area contributed by atoms with E-state index in [9.17, 15) is 4.79 Å². The highest BCUT2D eigenvalue weighted by atomic mass is 16.7. The van der Waals surface area contributed by atoms with Crippen LogP contribution in [0.25, 0.3) is 0 Å². The van der Waals surface area contributed by atoms with Crippen LogP contribution in [0.3, 0.4) is 0 Å². The van der Waals surface area contributed by atoms with E-state index in [2.05, 4.69) is 20.9 Å². The molecule has 8 heteroatoms. The Hall–Kier alpha value is -2.87. The second-order valence-corrected chi connectivity index (χ2v) is 6.16. The zero-order valence-electron chi connectivity index (χ0n) is 14.3. The van der Waals surface area contributed by atoms with Crippen LogP contribution in [0.1, 0.15) is 5.56 Å². The third kappa shape index (κ3) is 3.85. The summed E-state index contributed by atoms with van der Waals surface area (Å²) in [5, 5.41) is 0. The van der Waals surface area contributed by atoms with Crippen molar-refractivity contribution >= 4 is 5.91 Å². The van der Waals surface area contributed by atoms with Crippen LogP contribution in [-0.2, 0) is 11.3 Å². The molecule has 1 saturated heterocycles. The summed E-state index contributed by atoms with van der Waals surface area (Å²) in [6.45, 7) is 4.09.